The quantitative estimate of drug-likeness (QED) is 0.279. The molecule has 0 saturated heterocycles. The van der Waals surface area contributed by atoms with Crippen molar-refractivity contribution in [2.45, 2.75) is 45.7 Å². The van der Waals surface area contributed by atoms with Gasteiger partial charge in [-0.05, 0) is 62.6 Å². The fourth-order valence-corrected chi connectivity index (χ4v) is 5.32. The van der Waals surface area contributed by atoms with Crippen molar-refractivity contribution in [3.8, 4) is 0 Å². The number of halogens is 2. The van der Waals surface area contributed by atoms with Crippen LogP contribution in [0.4, 0.5) is 14.5 Å². The second kappa shape index (κ2) is 11.4. The Hall–Kier alpha value is -2.97. The summed E-state index contributed by atoms with van der Waals surface area (Å²) >= 11 is 0. The molecule has 8 heteroatoms. The number of carboxylic acids is 1. The van der Waals surface area contributed by atoms with E-state index < -0.39 is 17.9 Å². The summed E-state index contributed by atoms with van der Waals surface area (Å²) in [6.45, 7) is 7.58. The van der Waals surface area contributed by atoms with E-state index in [2.05, 4.69) is 33.5 Å². The lowest BCUT2D eigenvalue weighted by atomic mass is 9.85. The summed E-state index contributed by atoms with van der Waals surface area (Å²) < 4.78 is 28.0. The predicted octanol–water partition coefficient (Wildman–Crippen LogP) is 5.03. The Kier molecular flexibility index (Phi) is 8.26. The third-order valence-electron chi connectivity index (χ3n) is 7.26. The molecule has 1 aromatic heterocycles. The van der Waals surface area contributed by atoms with Gasteiger partial charge in [-0.2, -0.15) is 0 Å². The highest BCUT2D eigenvalue weighted by Crippen LogP contribution is 2.43. The molecular weight excluding hydrogens is 462 g/mol. The average Bonchev–Trinajstić information content (AvgIpc) is 3.22. The molecule has 0 bridgehead atoms. The minimum atomic E-state index is -0.865. The molecule has 3 atom stereocenters. The van der Waals surface area contributed by atoms with Gasteiger partial charge >= 0.3 is 5.97 Å². The van der Waals surface area contributed by atoms with E-state index in [0.717, 1.165) is 39.8 Å². The SMILES string of the molecule is Cc1c(NCCNCCCF)ccc(F)c1C1c2[nH]c3ccccc3c2C[C@@H](C)N1CC(C)C(=O)O. The number of anilines is 1. The van der Waals surface area contributed by atoms with Gasteiger partial charge in [0.05, 0.1) is 18.6 Å². The molecule has 0 spiro atoms. The number of H-pyrrole nitrogens is 1. The van der Waals surface area contributed by atoms with Gasteiger partial charge in [0.25, 0.3) is 0 Å². The normalized spacial score (nSPS) is 18.8. The number of aromatic amines is 1. The zero-order chi connectivity index (χ0) is 25.8. The largest absolute Gasteiger partial charge is 0.481 e. The number of para-hydroxylation sites is 1. The molecule has 1 aliphatic rings. The first-order valence-electron chi connectivity index (χ1n) is 12.7. The van der Waals surface area contributed by atoms with Gasteiger partial charge in [0.15, 0.2) is 0 Å². The van der Waals surface area contributed by atoms with Crippen molar-refractivity contribution in [1.29, 1.82) is 0 Å². The Morgan fingerprint density at radius 3 is 2.75 bits per heavy atom. The average molecular weight is 499 g/mol. The van der Waals surface area contributed by atoms with Crippen molar-refractivity contribution in [3.05, 3.63) is 64.6 Å². The molecule has 3 aromatic rings. The van der Waals surface area contributed by atoms with E-state index in [1.54, 1.807) is 13.0 Å². The number of hydrogen-bond acceptors (Lipinski definition) is 4. The highest BCUT2D eigenvalue weighted by molar-refractivity contribution is 5.85. The minimum Gasteiger partial charge on any atom is -0.481 e. The zero-order valence-corrected chi connectivity index (χ0v) is 21.2. The van der Waals surface area contributed by atoms with Crippen molar-refractivity contribution in [2.24, 2.45) is 5.92 Å². The van der Waals surface area contributed by atoms with E-state index >= 15 is 4.39 Å². The molecule has 4 rings (SSSR count). The summed E-state index contributed by atoms with van der Waals surface area (Å²) in [5.74, 6) is -1.77. The number of benzene rings is 2. The predicted molar refractivity (Wildman–Crippen MR) is 140 cm³/mol. The van der Waals surface area contributed by atoms with Crippen LogP contribution < -0.4 is 10.6 Å². The van der Waals surface area contributed by atoms with Gasteiger partial charge in [-0.25, -0.2) is 4.39 Å². The lowest BCUT2D eigenvalue weighted by molar-refractivity contribution is -0.142. The number of carboxylic acid groups (broad SMARTS) is 1. The van der Waals surface area contributed by atoms with Gasteiger partial charge in [-0.3, -0.25) is 14.1 Å². The summed E-state index contributed by atoms with van der Waals surface area (Å²) in [7, 11) is 0. The van der Waals surface area contributed by atoms with Crippen LogP contribution in [0, 0.1) is 18.7 Å². The molecule has 2 aromatic carbocycles. The highest BCUT2D eigenvalue weighted by atomic mass is 19.1. The number of aliphatic carboxylic acids is 1. The van der Waals surface area contributed by atoms with Gasteiger partial charge in [0.2, 0.25) is 0 Å². The lowest BCUT2D eigenvalue weighted by Gasteiger charge is -2.42. The van der Waals surface area contributed by atoms with Gasteiger partial charge < -0.3 is 20.7 Å². The zero-order valence-electron chi connectivity index (χ0n) is 21.2. The molecule has 0 aliphatic carbocycles. The molecule has 194 valence electrons. The maximum Gasteiger partial charge on any atom is 0.307 e. The Morgan fingerprint density at radius 2 is 2.00 bits per heavy atom. The smallest absolute Gasteiger partial charge is 0.307 e. The van der Waals surface area contributed by atoms with E-state index in [-0.39, 0.29) is 18.5 Å². The standard InChI is InChI=1S/C28H36F2N4O2/c1-17(28(35)36)16-34-18(2)15-21-20-7-4-5-8-24(20)33-26(21)27(34)25-19(3)23(10-9-22(25)30)32-14-13-31-12-6-11-29/h4-5,7-10,17-18,27,31-33H,6,11-16H2,1-3H3,(H,35,36)/t17?,18-,27?/m1/s1. The molecule has 1 aliphatic heterocycles. The van der Waals surface area contributed by atoms with Gasteiger partial charge in [0, 0.05) is 53.5 Å². The number of aromatic nitrogens is 1. The van der Waals surface area contributed by atoms with E-state index in [9.17, 15) is 14.3 Å². The van der Waals surface area contributed by atoms with Crippen molar-refractivity contribution >= 4 is 22.6 Å². The number of nitrogens with zero attached hydrogens (tertiary/aromatic N) is 1. The van der Waals surface area contributed by atoms with Crippen LogP contribution in [-0.4, -0.2) is 59.9 Å². The summed E-state index contributed by atoms with van der Waals surface area (Å²) in [6.07, 6.45) is 1.24. The van der Waals surface area contributed by atoms with E-state index in [1.807, 2.05) is 25.1 Å². The first-order valence-corrected chi connectivity index (χ1v) is 12.7. The maximum atomic E-state index is 15.7. The van der Waals surface area contributed by atoms with Crippen LogP contribution in [0.15, 0.2) is 36.4 Å². The van der Waals surface area contributed by atoms with Crippen LogP contribution in [0.1, 0.15) is 48.7 Å². The molecule has 0 fully saturated rings. The number of fused-ring (bicyclic) bond motifs is 3. The lowest BCUT2D eigenvalue weighted by Crippen LogP contribution is -2.46. The molecule has 2 unspecified atom stereocenters. The van der Waals surface area contributed by atoms with Crippen LogP contribution in [0.25, 0.3) is 10.9 Å². The molecule has 4 N–H and O–H groups in total. The Labute approximate surface area is 211 Å². The first-order chi connectivity index (χ1) is 17.3. The van der Waals surface area contributed by atoms with Gasteiger partial charge in [-0.1, -0.05) is 25.1 Å². The second-order valence-corrected chi connectivity index (χ2v) is 9.81. The van der Waals surface area contributed by atoms with Gasteiger partial charge in [0.1, 0.15) is 5.82 Å². The third kappa shape index (κ3) is 5.25. The number of nitrogens with one attached hydrogen (secondary N) is 3. The number of alkyl halides is 1. The number of carbonyl (C=O) groups is 1. The summed E-state index contributed by atoms with van der Waals surface area (Å²) in [6, 6.07) is 10.9. The molecular formula is C28H36F2N4O2. The van der Waals surface area contributed by atoms with Crippen LogP contribution in [0.2, 0.25) is 0 Å². The van der Waals surface area contributed by atoms with Crippen LogP contribution in [0.5, 0.6) is 0 Å². The summed E-state index contributed by atoms with van der Waals surface area (Å²) in [5.41, 5.74) is 5.29. The van der Waals surface area contributed by atoms with Gasteiger partial charge in [-0.15, -0.1) is 0 Å². The molecule has 0 saturated carbocycles. The van der Waals surface area contributed by atoms with Crippen LogP contribution in [0.3, 0.4) is 0 Å². The Balaban J connectivity index is 1.75. The van der Waals surface area contributed by atoms with Crippen molar-refractivity contribution < 1.29 is 18.7 Å². The minimum absolute atomic E-state index is 0.0265. The fourth-order valence-electron chi connectivity index (χ4n) is 5.32. The van der Waals surface area contributed by atoms with Crippen LogP contribution in [-0.2, 0) is 11.2 Å². The first kappa shape index (κ1) is 26.1. The van der Waals surface area contributed by atoms with E-state index in [0.29, 0.717) is 38.2 Å². The number of hydrogen-bond donors (Lipinski definition) is 4. The van der Waals surface area contributed by atoms with Crippen molar-refractivity contribution in [1.82, 2.24) is 15.2 Å². The summed E-state index contributed by atoms with van der Waals surface area (Å²) in [4.78, 5) is 17.4. The molecule has 6 nitrogen and oxygen atoms in total. The fraction of sp³-hybridized carbons (Fsp3) is 0.464. The third-order valence-corrected chi connectivity index (χ3v) is 7.26. The molecule has 0 amide bonds. The van der Waals surface area contributed by atoms with Crippen molar-refractivity contribution in [3.63, 3.8) is 0 Å². The molecule has 2 heterocycles. The second-order valence-electron chi connectivity index (χ2n) is 9.81. The molecule has 36 heavy (non-hydrogen) atoms. The van der Waals surface area contributed by atoms with Crippen LogP contribution >= 0.6 is 0 Å². The van der Waals surface area contributed by atoms with E-state index in [4.69, 9.17) is 0 Å². The topological polar surface area (TPSA) is 80.4 Å². The highest BCUT2D eigenvalue weighted by Gasteiger charge is 2.39. The summed E-state index contributed by atoms with van der Waals surface area (Å²) in [5, 5.41) is 17.4. The molecule has 0 radical (unpaired) electrons. The monoisotopic (exact) mass is 498 g/mol. The Morgan fingerprint density at radius 1 is 1.22 bits per heavy atom. The van der Waals surface area contributed by atoms with Crippen molar-refractivity contribution in [2.75, 3.05) is 38.2 Å². The van der Waals surface area contributed by atoms with E-state index in [1.165, 1.54) is 6.07 Å². The Bertz CT molecular complexity index is 1210. The number of rotatable bonds is 11. The maximum absolute atomic E-state index is 15.7.